The minimum absolute atomic E-state index is 0. The number of hydrogen-bond donors (Lipinski definition) is 4. The van der Waals surface area contributed by atoms with Crippen LogP contribution in [0.25, 0.3) is 0 Å². The van der Waals surface area contributed by atoms with Gasteiger partial charge in [-0.05, 0) is 0 Å². The Kier molecular flexibility index (Phi) is 42.3. The van der Waals surface area contributed by atoms with Crippen LogP contribution in [0.15, 0.2) is 0 Å². The summed E-state index contributed by atoms with van der Waals surface area (Å²) in [5, 5.41) is 0. The molecule has 0 saturated heterocycles. The number of rotatable bonds is 0. The summed E-state index contributed by atoms with van der Waals surface area (Å²) in [4.78, 5) is 29.3. The maximum absolute atomic E-state index is 7.33. The molecule has 7 nitrogen and oxygen atoms in total. The Morgan fingerprint density at radius 3 is 0.778 bits per heavy atom. The van der Waals surface area contributed by atoms with Crippen LogP contribution in [-0.2, 0) is 0 Å². The first kappa shape index (κ1) is 31.9. The average molecular weight is 192 g/mol. The molecule has 0 spiro atoms. The van der Waals surface area contributed by atoms with Crippen molar-refractivity contribution in [3.05, 3.63) is 0 Å². The second-order valence-corrected chi connectivity index (χ2v) is 1.80. The first-order valence-corrected chi connectivity index (χ1v) is 2.68. The van der Waals surface area contributed by atoms with E-state index in [0.717, 1.165) is 0 Å². The molecule has 0 fully saturated rings. The molecule has 0 unspecified atom stereocenters. The molecule has 10 N–H and O–H groups in total. The molecule has 0 saturated carbocycles. The first-order chi connectivity index (χ1) is 2.00. The van der Waals surface area contributed by atoms with E-state index in [0.29, 0.717) is 0 Å². The summed E-state index contributed by atoms with van der Waals surface area (Å²) in [6.45, 7) is 0. The molecule has 60 valence electrons. The van der Waals surface area contributed by atoms with E-state index < -0.39 is 9.05 Å². The Bertz CT molecular complexity index is 31.9. The third-order valence-electron chi connectivity index (χ3n) is 0. The second-order valence-electron chi connectivity index (χ2n) is 0.600. The monoisotopic (exact) mass is 192 g/mol. The van der Waals surface area contributed by atoms with E-state index in [1.54, 1.807) is 0 Å². The van der Waals surface area contributed by atoms with Crippen molar-refractivity contribution in [2.24, 2.45) is 0 Å². The molecular weight excluding hydrogens is 180 g/mol. The standard InChI is InChI=1S/Ca.H4O4Si.3H2O.2H/c;1-5(2,3)4;;;;;/h;1-4H;3*1H2;;/q+2;;;;;2*-1. The Morgan fingerprint density at radius 2 is 0.778 bits per heavy atom. The molecule has 9 heavy (non-hydrogen) atoms. The molecule has 0 aromatic heterocycles. The van der Waals surface area contributed by atoms with Gasteiger partial charge < -0.3 is 38.5 Å². The minimum atomic E-state index is -4.61. The van der Waals surface area contributed by atoms with Gasteiger partial charge in [-0.3, -0.25) is 0 Å². The van der Waals surface area contributed by atoms with Crippen LogP contribution in [0.5, 0.6) is 0 Å². The Labute approximate surface area is 85.0 Å². The zero-order valence-corrected chi connectivity index (χ0v) is 7.70. The van der Waals surface area contributed by atoms with E-state index in [1.807, 2.05) is 0 Å². The van der Waals surface area contributed by atoms with Crippen molar-refractivity contribution < 1.29 is 38.5 Å². The van der Waals surface area contributed by atoms with Gasteiger partial charge in [0.05, 0.1) is 0 Å². The van der Waals surface area contributed by atoms with Crippen LogP contribution in [0, 0.1) is 0 Å². The van der Waals surface area contributed by atoms with E-state index in [2.05, 4.69) is 0 Å². The zero-order chi connectivity index (χ0) is 4.50. The van der Waals surface area contributed by atoms with Gasteiger partial charge in [-0.2, -0.15) is 0 Å². The maximum atomic E-state index is 7.33. The smallest absolute Gasteiger partial charge is 1.00 e. The fourth-order valence-electron chi connectivity index (χ4n) is 0. The summed E-state index contributed by atoms with van der Waals surface area (Å²) >= 11 is 0. The van der Waals surface area contributed by atoms with Gasteiger partial charge in [-0.1, -0.05) is 0 Å². The Balaban J connectivity index is -0.00000000533. The molecule has 0 rings (SSSR count). The van der Waals surface area contributed by atoms with Crippen molar-refractivity contribution >= 4 is 46.8 Å². The third-order valence-corrected chi connectivity index (χ3v) is 0. The molecule has 0 aromatic rings. The molecule has 0 aromatic carbocycles. The molecule has 0 aliphatic heterocycles. The van der Waals surface area contributed by atoms with Gasteiger partial charge in [-0.15, -0.1) is 0 Å². The summed E-state index contributed by atoms with van der Waals surface area (Å²) in [6, 6.07) is 0. The predicted octanol–water partition coefficient (Wildman–Crippen LogP) is -5.24. The normalized spacial score (nSPS) is 6.67. The van der Waals surface area contributed by atoms with E-state index in [9.17, 15) is 0 Å². The SMILES string of the molecule is O.O.O.O[Si](O)(O)O.[Ca+2].[H-].[H-]. The van der Waals surface area contributed by atoms with Crippen LogP contribution in [0.4, 0.5) is 0 Å². The summed E-state index contributed by atoms with van der Waals surface area (Å²) in [6.07, 6.45) is 0. The molecule has 0 heterocycles. The quantitative estimate of drug-likeness (QED) is 0.280. The Morgan fingerprint density at radius 1 is 0.778 bits per heavy atom. The molecule has 0 aliphatic carbocycles. The summed E-state index contributed by atoms with van der Waals surface area (Å²) in [5.74, 6) is 0. The van der Waals surface area contributed by atoms with Crippen LogP contribution in [0.1, 0.15) is 2.85 Å². The first-order valence-electron chi connectivity index (χ1n) is 0.894. The van der Waals surface area contributed by atoms with E-state index in [1.165, 1.54) is 0 Å². The largest absolute Gasteiger partial charge is 2.00 e. The van der Waals surface area contributed by atoms with Crippen LogP contribution in [-0.4, -0.2) is 82.4 Å². The minimum Gasteiger partial charge on any atom is -1.00 e. The second kappa shape index (κ2) is 11.9. The molecule has 0 aliphatic rings. The fraction of sp³-hybridized carbons (Fsp3) is 0. The molecule has 9 heteroatoms. The Hall–Kier alpha value is 1.20. The van der Waals surface area contributed by atoms with Crippen molar-refractivity contribution in [1.82, 2.24) is 0 Å². The van der Waals surface area contributed by atoms with Gasteiger partial charge in [0.2, 0.25) is 0 Å². The van der Waals surface area contributed by atoms with E-state index in [-0.39, 0.29) is 57.0 Å². The van der Waals surface area contributed by atoms with Gasteiger partial charge in [0.25, 0.3) is 0 Å². The zero-order valence-electron chi connectivity index (χ0n) is 6.50. The van der Waals surface area contributed by atoms with Gasteiger partial charge >= 0.3 is 46.8 Å². The predicted molar refractivity (Wildman–Crippen MR) is 33.4 cm³/mol. The van der Waals surface area contributed by atoms with Gasteiger partial charge in [0, 0.05) is 0 Å². The van der Waals surface area contributed by atoms with Crippen molar-refractivity contribution in [1.29, 1.82) is 0 Å². The van der Waals surface area contributed by atoms with Crippen LogP contribution >= 0.6 is 0 Å². The number of hydrogen-bond acceptors (Lipinski definition) is 4. The summed E-state index contributed by atoms with van der Waals surface area (Å²) < 4.78 is 0. The summed E-state index contributed by atoms with van der Waals surface area (Å²) in [5.41, 5.74) is 0. The molecule has 0 atom stereocenters. The fourth-order valence-corrected chi connectivity index (χ4v) is 0. The average Bonchev–Trinajstić information content (AvgIpc) is 0.722. The topological polar surface area (TPSA) is 175 Å². The van der Waals surface area contributed by atoms with Crippen LogP contribution in [0.3, 0.4) is 0 Å². The van der Waals surface area contributed by atoms with E-state index in [4.69, 9.17) is 19.2 Å². The van der Waals surface area contributed by atoms with Gasteiger partial charge in [0.15, 0.2) is 0 Å². The van der Waals surface area contributed by atoms with Crippen LogP contribution < -0.4 is 0 Å². The molecule has 0 bridgehead atoms. The molecular formula is H12CaO7Si. The van der Waals surface area contributed by atoms with Gasteiger partial charge in [0.1, 0.15) is 0 Å². The van der Waals surface area contributed by atoms with Gasteiger partial charge in [-0.25, -0.2) is 0 Å². The van der Waals surface area contributed by atoms with E-state index >= 15 is 0 Å². The van der Waals surface area contributed by atoms with Crippen molar-refractivity contribution in [2.75, 3.05) is 0 Å². The van der Waals surface area contributed by atoms with Crippen LogP contribution in [0.2, 0.25) is 0 Å². The summed E-state index contributed by atoms with van der Waals surface area (Å²) in [7, 11) is -4.61. The van der Waals surface area contributed by atoms with Crippen molar-refractivity contribution in [2.45, 2.75) is 0 Å². The third kappa shape index (κ3) is 333. The maximum Gasteiger partial charge on any atom is 2.00 e. The van der Waals surface area contributed by atoms with Crippen molar-refractivity contribution in [3.8, 4) is 0 Å². The van der Waals surface area contributed by atoms with Crippen molar-refractivity contribution in [3.63, 3.8) is 0 Å². The molecule has 0 radical (unpaired) electrons. The molecule has 0 amide bonds.